The minimum Gasteiger partial charge on any atom is -0.497 e. The van der Waals surface area contributed by atoms with E-state index in [1.807, 2.05) is 24.3 Å². The lowest BCUT2D eigenvalue weighted by atomic mass is 10.2. The van der Waals surface area contributed by atoms with E-state index in [2.05, 4.69) is 0 Å². The van der Waals surface area contributed by atoms with Crippen molar-refractivity contribution >= 4 is 5.69 Å². The smallest absolute Gasteiger partial charge is 0.167 e. The molecule has 0 bridgehead atoms. The molecule has 2 rings (SSSR count). The third-order valence-corrected chi connectivity index (χ3v) is 2.89. The molecule has 0 aliphatic heterocycles. The zero-order chi connectivity index (χ0) is 15.2. The van der Waals surface area contributed by atoms with E-state index in [-0.39, 0.29) is 11.4 Å². The van der Waals surface area contributed by atoms with Gasteiger partial charge in [-0.3, -0.25) is 0 Å². The summed E-state index contributed by atoms with van der Waals surface area (Å²) in [4.78, 5) is 0. The highest BCUT2D eigenvalue weighted by Crippen LogP contribution is 2.31. The molecular weight excluding hydrogens is 273 g/mol. The van der Waals surface area contributed by atoms with E-state index in [0.29, 0.717) is 19.0 Å². The van der Waals surface area contributed by atoms with Gasteiger partial charge < -0.3 is 19.9 Å². The molecule has 0 aliphatic carbocycles. The van der Waals surface area contributed by atoms with Gasteiger partial charge in [0.15, 0.2) is 11.6 Å². The van der Waals surface area contributed by atoms with Crippen LogP contribution in [0.5, 0.6) is 17.2 Å². The Kier molecular flexibility index (Phi) is 4.87. The van der Waals surface area contributed by atoms with Crippen molar-refractivity contribution in [3.63, 3.8) is 0 Å². The van der Waals surface area contributed by atoms with Gasteiger partial charge in [-0.1, -0.05) is 12.1 Å². The van der Waals surface area contributed by atoms with Crippen molar-refractivity contribution < 1.29 is 18.6 Å². The Balaban J connectivity index is 2.13. The van der Waals surface area contributed by atoms with Crippen molar-refractivity contribution in [3.05, 3.63) is 47.8 Å². The molecule has 2 N–H and O–H groups in total. The second-order valence-corrected chi connectivity index (χ2v) is 4.39. The van der Waals surface area contributed by atoms with E-state index < -0.39 is 5.82 Å². The molecule has 0 radical (unpaired) electrons. The number of anilines is 1. The lowest BCUT2D eigenvalue weighted by Gasteiger charge is -2.12. The molecule has 21 heavy (non-hydrogen) atoms. The Bertz CT molecular complexity index is 616. The van der Waals surface area contributed by atoms with Gasteiger partial charge in [-0.15, -0.1) is 0 Å². The van der Waals surface area contributed by atoms with Crippen LogP contribution in [0.3, 0.4) is 0 Å². The van der Waals surface area contributed by atoms with Crippen LogP contribution in [0, 0.1) is 5.82 Å². The number of rotatable bonds is 6. The van der Waals surface area contributed by atoms with Gasteiger partial charge in [-0.05, 0) is 24.6 Å². The summed E-state index contributed by atoms with van der Waals surface area (Å²) < 4.78 is 29.6. The molecular formula is C16H18FNO3. The normalized spacial score (nSPS) is 10.2. The molecule has 0 spiro atoms. The highest BCUT2D eigenvalue weighted by atomic mass is 19.1. The zero-order valence-electron chi connectivity index (χ0n) is 12.1. The third kappa shape index (κ3) is 3.78. The molecule has 0 atom stereocenters. The Morgan fingerprint density at radius 3 is 2.62 bits per heavy atom. The van der Waals surface area contributed by atoms with Gasteiger partial charge >= 0.3 is 0 Å². The van der Waals surface area contributed by atoms with E-state index in [4.69, 9.17) is 19.9 Å². The second-order valence-electron chi connectivity index (χ2n) is 4.39. The molecule has 2 aromatic rings. The summed E-state index contributed by atoms with van der Waals surface area (Å²) in [5.41, 5.74) is 6.92. The SMILES string of the molecule is CCOc1cc(OCc2cccc(OC)c2)c(N)cc1F. The van der Waals surface area contributed by atoms with Crippen LogP contribution < -0.4 is 19.9 Å². The maximum absolute atomic E-state index is 13.6. The molecule has 0 saturated carbocycles. The molecule has 112 valence electrons. The van der Waals surface area contributed by atoms with Crippen LogP contribution >= 0.6 is 0 Å². The minimum absolute atomic E-state index is 0.132. The minimum atomic E-state index is -0.497. The molecule has 5 heteroatoms. The predicted octanol–water partition coefficient (Wildman–Crippen LogP) is 3.39. The fourth-order valence-electron chi connectivity index (χ4n) is 1.86. The average Bonchev–Trinajstić information content (AvgIpc) is 2.49. The molecule has 0 fully saturated rings. The van der Waals surface area contributed by atoms with Crippen LogP contribution in [0.4, 0.5) is 10.1 Å². The van der Waals surface area contributed by atoms with Gasteiger partial charge in [0.25, 0.3) is 0 Å². The number of hydrogen-bond donors (Lipinski definition) is 1. The summed E-state index contributed by atoms with van der Waals surface area (Å²) in [6, 6.07) is 10.2. The van der Waals surface area contributed by atoms with E-state index in [0.717, 1.165) is 11.3 Å². The highest BCUT2D eigenvalue weighted by Gasteiger charge is 2.10. The van der Waals surface area contributed by atoms with E-state index in [9.17, 15) is 4.39 Å². The summed E-state index contributed by atoms with van der Waals surface area (Å²) >= 11 is 0. The molecule has 0 aliphatic rings. The standard InChI is InChI=1S/C16H18FNO3/c1-3-20-15-9-16(14(18)8-13(15)17)21-10-11-5-4-6-12(7-11)19-2/h4-9H,3,10,18H2,1-2H3. The Labute approximate surface area is 123 Å². The lowest BCUT2D eigenvalue weighted by Crippen LogP contribution is -2.02. The molecule has 0 aromatic heterocycles. The number of ether oxygens (including phenoxy) is 3. The summed E-state index contributed by atoms with van der Waals surface area (Å²) in [6.07, 6.45) is 0. The first-order valence-electron chi connectivity index (χ1n) is 6.61. The first-order chi connectivity index (χ1) is 10.1. The number of nitrogen functional groups attached to an aromatic ring is 1. The van der Waals surface area contributed by atoms with Crippen LogP contribution in [0.2, 0.25) is 0 Å². The monoisotopic (exact) mass is 291 g/mol. The predicted molar refractivity (Wildman–Crippen MR) is 79.3 cm³/mol. The Hall–Kier alpha value is -2.43. The maximum atomic E-state index is 13.6. The Morgan fingerprint density at radius 1 is 1.10 bits per heavy atom. The quantitative estimate of drug-likeness (QED) is 0.829. The number of halogens is 1. The number of benzene rings is 2. The number of methoxy groups -OCH3 is 1. The average molecular weight is 291 g/mol. The van der Waals surface area contributed by atoms with Crippen molar-refractivity contribution in [2.45, 2.75) is 13.5 Å². The van der Waals surface area contributed by atoms with Gasteiger partial charge in [0.2, 0.25) is 0 Å². The summed E-state index contributed by atoms with van der Waals surface area (Å²) in [5.74, 6) is 0.774. The molecule has 4 nitrogen and oxygen atoms in total. The second kappa shape index (κ2) is 6.83. The lowest BCUT2D eigenvalue weighted by molar-refractivity contribution is 0.295. The first kappa shape index (κ1) is 15.0. The summed E-state index contributed by atoms with van der Waals surface area (Å²) in [6.45, 7) is 2.46. The Morgan fingerprint density at radius 2 is 1.90 bits per heavy atom. The molecule has 0 heterocycles. The summed E-state index contributed by atoms with van der Waals surface area (Å²) in [5, 5.41) is 0. The topological polar surface area (TPSA) is 53.7 Å². The zero-order valence-corrected chi connectivity index (χ0v) is 12.1. The van der Waals surface area contributed by atoms with Crippen molar-refractivity contribution in [3.8, 4) is 17.2 Å². The van der Waals surface area contributed by atoms with Crippen molar-refractivity contribution in [2.24, 2.45) is 0 Å². The van der Waals surface area contributed by atoms with Gasteiger partial charge in [0.1, 0.15) is 18.1 Å². The van der Waals surface area contributed by atoms with Crippen molar-refractivity contribution in [1.29, 1.82) is 0 Å². The fourth-order valence-corrected chi connectivity index (χ4v) is 1.86. The first-order valence-corrected chi connectivity index (χ1v) is 6.61. The van der Waals surface area contributed by atoms with Crippen molar-refractivity contribution in [2.75, 3.05) is 19.5 Å². The van der Waals surface area contributed by atoms with E-state index in [1.165, 1.54) is 12.1 Å². The van der Waals surface area contributed by atoms with Gasteiger partial charge in [0.05, 0.1) is 19.4 Å². The number of hydrogen-bond acceptors (Lipinski definition) is 4. The number of nitrogens with two attached hydrogens (primary N) is 1. The molecule has 2 aromatic carbocycles. The van der Waals surface area contributed by atoms with Gasteiger partial charge in [0, 0.05) is 12.1 Å². The van der Waals surface area contributed by atoms with Crippen LogP contribution in [-0.4, -0.2) is 13.7 Å². The molecule has 0 amide bonds. The summed E-state index contributed by atoms with van der Waals surface area (Å²) in [7, 11) is 1.60. The van der Waals surface area contributed by atoms with Crippen LogP contribution in [-0.2, 0) is 6.61 Å². The fraction of sp³-hybridized carbons (Fsp3) is 0.250. The van der Waals surface area contributed by atoms with Crippen LogP contribution in [0.25, 0.3) is 0 Å². The van der Waals surface area contributed by atoms with Crippen LogP contribution in [0.15, 0.2) is 36.4 Å². The molecule has 0 unspecified atom stereocenters. The van der Waals surface area contributed by atoms with Gasteiger partial charge in [-0.25, -0.2) is 4.39 Å². The maximum Gasteiger partial charge on any atom is 0.167 e. The largest absolute Gasteiger partial charge is 0.497 e. The third-order valence-electron chi connectivity index (χ3n) is 2.89. The molecule has 0 saturated heterocycles. The van der Waals surface area contributed by atoms with Gasteiger partial charge in [-0.2, -0.15) is 0 Å². The highest BCUT2D eigenvalue weighted by molar-refractivity contribution is 5.56. The van der Waals surface area contributed by atoms with E-state index >= 15 is 0 Å². The van der Waals surface area contributed by atoms with Crippen molar-refractivity contribution in [1.82, 2.24) is 0 Å². The van der Waals surface area contributed by atoms with E-state index in [1.54, 1.807) is 14.0 Å². The van der Waals surface area contributed by atoms with Crippen LogP contribution in [0.1, 0.15) is 12.5 Å².